The number of carbonyl (C=O) groups is 2. The van der Waals surface area contributed by atoms with E-state index in [1.54, 1.807) is 24.3 Å². The molecule has 0 aromatic heterocycles. The Morgan fingerprint density at radius 1 is 0.952 bits per heavy atom. The summed E-state index contributed by atoms with van der Waals surface area (Å²) in [4.78, 5) is 23.6. The normalized spacial score (nSPS) is 9.76. The van der Waals surface area contributed by atoms with Crippen LogP contribution in [0.2, 0.25) is 0 Å². The maximum absolute atomic E-state index is 11.8. The lowest BCUT2D eigenvalue weighted by atomic mass is 10.2. The van der Waals surface area contributed by atoms with Crippen LogP contribution in [0.5, 0.6) is 11.5 Å². The monoisotopic (exact) mass is 286 g/mol. The molecule has 0 heterocycles. The molecule has 0 atom stereocenters. The predicted molar refractivity (Wildman–Crippen MR) is 76.0 cm³/mol. The van der Waals surface area contributed by atoms with Gasteiger partial charge < -0.3 is 9.84 Å². The van der Waals surface area contributed by atoms with E-state index >= 15 is 0 Å². The predicted octanol–water partition coefficient (Wildman–Crippen LogP) is 1.48. The van der Waals surface area contributed by atoms with Crippen LogP contribution in [-0.4, -0.2) is 24.0 Å². The molecule has 0 aliphatic carbocycles. The number of hydrogen-bond acceptors (Lipinski definition) is 4. The van der Waals surface area contributed by atoms with Crippen molar-refractivity contribution in [3.8, 4) is 11.5 Å². The van der Waals surface area contributed by atoms with Gasteiger partial charge in [0.2, 0.25) is 0 Å². The largest absolute Gasteiger partial charge is 0.508 e. The maximum Gasteiger partial charge on any atom is 0.269 e. The molecule has 6 nitrogen and oxygen atoms in total. The number of methoxy groups -OCH3 is 1. The molecule has 0 saturated carbocycles. The van der Waals surface area contributed by atoms with Crippen LogP contribution in [0.25, 0.3) is 0 Å². The highest BCUT2D eigenvalue weighted by atomic mass is 16.5. The summed E-state index contributed by atoms with van der Waals surface area (Å²) in [6.45, 7) is 0. The number of aromatic hydroxyl groups is 1. The molecule has 6 heteroatoms. The first-order valence-corrected chi connectivity index (χ1v) is 6.14. The number of ether oxygens (including phenoxy) is 1. The van der Waals surface area contributed by atoms with Crippen molar-refractivity contribution in [2.75, 3.05) is 7.11 Å². The summed E-state index contributed by atoms with van der Waals surface area (Å²) in [6.07, 6.45) is 0. The second-order valence-electron chi connectivity index (χ2n) is 4.19. The van der Waals surface area contributed by atoms with Gasteiger partial charge in [-0.3, -0.25) is 20.4 Å². The van der Waals surface area contributed by atoms with Crippen LogP contribution in [0.4, 0.5) is 0 Å². The molecule has 0 spiro atoms. The average molecular weight is 286 g/mol. The number of phenols is 1. The summed E-state index contributed by atoms with van der Waals surface area (Å²) in [6, 6.07) is 12.3. The van der Waals surface area contributed by atoms with Crippen molar-refractivity contribution in [3.63, 3.8) is 0 Å². The van der Waals surface area contributed by atoms with Crippen LogP contribution >= 0.6 is 0 Å². The molecule has 0 aliphatic rings. The van der Waals surface area contributed by atoms with E-state index in [-0.39, 0.29) is 11.3 Å². The number of hydrazine groups is 1. The van der Waals surface area contributed by atoms with Gasteiger partial charge in [0.1, 0.15) is 11.5 Å². The summed E-state index contributed by atoms with van der Waals surface area (Å²) in [5.41, 5.74) is 5.19. The molecular formula is C15H14N2O4. The molecule has 3 N–H and O–H groups in total. The number of rotatable bonds is 3. The lowest BCUT2D eigenvalue weighted by molar-refractivity contribution is 0.0846. The van der Waals surface area contributed by atoms with E-state index in [9.17, 15) is 14.7 Å². The third-order valence-electron chi connectivity index (χ3n) is 2.75. The number of amides is 2. The number of benzene rings is 2. The van der Waals surface area contributed by atoms with Crippen molar-refractivity contribution in [1.29, 1.82) is 0 Å². The highest BCUT2D eigenvalue weighted by Crippen LogP contribution is 2.11. The summed E-state index contributed by atoms with van der Waals surface area (Å²) in [5, 5.41) is 9.29. The highest BCUT2D eigenvalue weighted by Gasteiger charge is 2.09. The number of carbonyl (C=O) groups excluding carboxylic acids is 2. The SMILES string of the molecule is COc1ccc(C(=O)NNC(=O)c2cccc(O)c2)cc1. The van der Waals surface area contributed by atoms with E-state index in [1.807, 2.05) is 0 Å². The van der Waals surface area contributed by atoms with Crippen LogP contribution in [0.15, 0.2) is 48.5 Å². The minimum atomic E-state index is -0.521. The second-order valence-corrected chi connectivity index (χ2v) is 4.19. The molecule has 2 aromatic carbocycles. The van der Waals surface area contributed by atoms with Gasteiger partial charge in [0.15, 0.2) is 0 Å². The number of hydrogen-bond donors (Lipinski definition) is 3. The molecule has 0 radical (unpaired) electrons. The van der Waals surface area contributed by atoms with Crippen molar-refractivity contribution in [2.45, 2.75) is 0 Å². The van der Waals surface area contributed by atoms with Gasteiger partial charge in [-0.2, -0.15) is 0 Å². The van der Waals surface area contributed by atoms with Crippen LogP contribution in [0.3, 0.4) is 0 Å². The molecule has 0 unspecified atom stereocenters. The molecule has 0 bridgehead atoms. The minimum absolute atomic E-state index is 0.0240. The fourth-order valence-electron chi connectivity index (χ4n) is 1.65. The first-order valence-electron chi connectivity index (χ1n) is 6.14. The smallest absolute Gasteiger partial charge is 0.269 e. The van der Waals surface area contributed by atoms with Crippen molar-refractivity contribution in [1.82, 2.24) is 10.9 Å². The molecule has 2 rings (SSSR count). The zero-order valence-electron chi connectivity index (χ0n) is 11.3. The molecule has 21 heavy (non-hydrogen) atoms. The van der Waals surface area contributed by atoms with Gasteiger partial charge in [-0.25, -0.2) is 0 Å². The fourth-order valence-corrected chi connectivity index (χ4v) is 1.65. The Hall–Kier alpha value is -3.02. The first-order chi connectivity index (χ1) is 10.1. The van der Waals surface area contributed by atoms with Gasteiger partial charge in [0.25, 0.3) is 11.8 Å². The minimum Gasteiger partial charge on any atom is -0.508 e. The summed E-state index contributed by atoms with van der Waals surface area (Å²) in [5.74, 6) is -0.363. The van der Waals surface area contributed by atoms with Crippen molar-refractivity contribution in [2.24, 2.45) is 0 Å². The molecule has 2 amide bonds. The molecule has 0 saturated heterocycles. The van der Waals surface area contributed by atoms with Gasteiger partial charge >= 0.3 is 0 Å². The molecule has 2 aromatic rings. The standard InChI is InChI=1S/C15H14N2O4/c1-21-13-7-5-10(6-8-13)14(19)16-17-15(20)11-3-2-4-12(18)9-11/h2-9,18H,1H3,(H,16,19)(H,17,20). The van der Waals surface area contributed by atoms with E-state index in [0.717, 1.165) is 0 Å². The maximum atomic E-state index is 11.8. The Bertz CT molecular complexity index is 653. The third-order valence-corrected chi connectivity index (χ3v) is 2.75. The summed E-state index contributed by atoms with van der Waals surface area (Å²) >= 11 is 0. The lowest BCUT2D eigenvalue weighted by Gasteiger charge is -2.08. The Morgan fingerprint density at radius 2 is 1.57 bits per heavy atom. The first kappa shape index (κ1) is 14.4. The van der Waals surface area contributed by atoms with E-state index < -0.39 is 11.8 Å². The quantitative estimate of drug-likeness (QED) is 0.746. The topological polar surface area (TPSA) is 87.7 Å². The average Bonchev–Trinajstić information content (AvgIpc) is 2.52. The number of phenolic OH excluding ortho intramolecular Hbond substituents is 1. The van der Waals surface area contributed by atoms with Gasteiger partial charge in [0.05, 0.1) is 7.11 Å². The van der Waals surface area contributed by atoms with Gasteiger partial charge in [0, 0.05) is 11.1 Å². The molecule has 108 valence electrons. The Morgan fingerprint density at radius 3 is 2.14 bits per heavy atom. The van der Waals surface area contributed by atoms with Crippen molar-refractivity contribution < 1.29 is 19.4 Å². The van der Waals surface area contributed by atoms with E-state index in [0.29, 0.717) is 11.3 Å². The van der Waals surface area contributed by atoms with E-state index in [4.69, 9.17) is 4.74 Å². The van der Waals surface area contributed by atoms with Crippen LogP contribution in [0.1, 0.15) is 20.7 Å². The zero-order chi connectivity index (χ0) is 15.2. The van der Waals surface area contributed by atoms with Crippen LogP contribution < -0.4 is 15.6 Å². The summed E-state index contributed by atoms with van der Waals surface area (Å²) < 4.78 is 4.99. The van der Waals surface area contributed by atoms with Crippen LogP contribution in [0, 0.1) is 0 Å². The van der Waals surface area contributed by atoms with Gasteiger partial charge in [-0.05, 0) is 42.5 Å². The third kappa shape index (κ3) is 3.73. The Balaban J connectivity index is 1.95. The summed E-state index contributed by atoms with van der Waals surface area (Å²) in [7, 11) is 1.53. The Kier molecular flexibility index (Phi) is 4.40. The van der Waals surface area contributed by atoms with E-state index in [1.165, 1.54) is 31.4 Å². The lowest BCUT2D eigenvalue weighted by Crippen LogP contribution is -2.41. The van der Waals surface area contributed by atoms with E-state index in [2.05, 4.69) is 10.9 Å². The molecule has 0 aliphatic heterocycles. The van der Waals surface area contributed by atoms with Crippen molar-refractivity contribution >= 4 is 11.8 Å². The highest BCUT2D eigenvalue weighted by molar-refractivity contribution is 5.99. The fraction of sp³-hybridized carbons (Fsp3) is 0.0667. The van der Waals surface area contributed by atoms with Crippen molar-refractivity contribution in [3.05, 3.63) is 59.7 Å². The van der Waals surface area contributed by atoms with Gasteiger partial charge in [-0.1, -0.05) is 6.07 Å². The zero-order valence-corrected chi connectivity index (χ0v) is 11.3. The molecular weight excluding hydrogens is 272 g/mol. The second kappa shape index (κ2) is 6.42. The van der Waals surface area contributed by atoms with Crippen LogP contribution in [-0.2, 0) is 0 Å². The Labute approximate surface area is 121 Å². The van der Waals surface area contributed by atoms with Gasteiger partial charge in [-0.15, -0.1) is 0 Å². The number of nitrogens with one attached hydrogen (secondary N) is 2. The molecule has 0 fully saturated rings.